The predicted molar refractivity (Wildman–Crippen MR) is 114 cm³/mol. The molecule has 0 radical (unpaired) electrons. The molecule has 0 spiro atoms. The standard InChI is InChI=1S/C22H28N6/c1-16-6-8-19(9-7-16)15-27(5)22(23-4)25-14-20-10-11-21(24-13-20)28-18(3)12-17(2)26-28/h6-13H,14-15H2,1-5H3,(H,23,25). The van der Waals surface area contributed by atoms with Gasteiger partial charge in [-0.1, -0.05) is 35.9 Å². The van der Waals surface area contributed by atoms with Gasteiger partial charge in [0.25, 0.3) is 0 Å². The summed E-state index contributed by atoms with van der Waals surface area (Å²) in [7, 11) is 3.84. The first-order valence-corrected chi connectivity index (χ1v) is 9.42. The Labute approximate surface area is 166 Å². The minimum Gasteiger partial charge on any atom is -0.352 e. The summed E-state index contributed by atoms with van der Waals surface area (Å²) in [4.78, 5) is 11.1. The van der Waals surface area contributed by atoms with E-state index in [0.29, 0.717) is 6.54 Å². The molecule has 146 valence electrons. The Bertz CT molecular complexity index is 938. The number of hydrogen-bond acceptors (Lipinski definition) is 3. The number of hydrogen-bond donors (Lipinski definition) is 1. The van der Waals surface area contributed by atoms with E-state index in [2.05, 4.69) is 62.5 Å². The predicted octanol–water partition coefficient (Wildman–Crippen LogP) is 3.40. The van der Waals surface area contributed by atoms with Gasteiger partial charge >= 0.3 is 0 Å². The Kier molecular flexibility index (Phi) is 6.09. The van der Waals surface area contributed by atoms with Crippen molar-refractivity contribution in [3.8, 4) is 5.82 Å². The first kappa shape index (κ1) is 19.6. The average molecular weight is 377 g/mol. The quantitative estimate of drug-likeness (QED) is 0.548. The van der Waals surface area contributed by atoms with Gasteiger partial charge in [-0.05, 0) is 44.0 Å². The molecule has 0 fully saturated rings. The van der Waals surface area contributed by atoms with Gasteiger partial charge in [-0.25, -0.2) is 9.67 Å². The van der Waals surface area contributed by atoms with Crippen LogP contribution in [-0.4, -0.2) is 39.7 Å². The van der Waals surface area contributed by atoms with E-state index in [1.54, 1.807) is 7.05 Å². The van der Waals surface area contributed by atoms with Gasteiger partial charge in [0.2, 0.25) is 0 Å². The maximum Gasteiger partial charge on any atom is 0.193 e. The number of pyridine rings is 1. The van der Waals surface area contributed by atoms with Gasteiger partial charge in [0.1, 0.15) is 0 Å². The third-order valence-corrected chi connectivity index (χ3v) is 4.60. The molecule has 1 aromatic carbocycles. The van der Waals surface area contributed by atoms with Crippen LogP contribution in [0.4, 0.5) is 0 Å². The summed E-state index contributed by atoms with van der Waals surface area (Å²) < 4.78 is 1.86. The Morgan fingerprint density at radius 1 is 1.07 bits per heavy atom. The lowest BCUT2D eigenvalue weighted by molar-refractivity contribution is 0.476. The minimum absolute atomic E-state index is 0.662. The summed E-state index contributed by atoms with van der Waals surface area (Å²) in [6.07, 6.45) is 1.88. The first-order chi connectivity index (χ1) is 13.5. The highest BCUT2D eigenvalue weighted by Gasteiger charge is 2.08. The molecule has 6 heteroatoms. The molecule has 3 aromatic rings. The lowest BCUT2D eigenvalue weighted by atomic mass is 10.1. The number of aliphatic imine (C=N–C) groups is 1. The number of nitrogens with zero attached hydrogens (tertiary/aromatic N) is 5. The van der Waals surface area contributed by atoms with Crippen LogP contribution in [0.3, 0.4) is 0 Å². The van der Waals surface area contributed by atoms with E-state index in [1.165, 1.54) is 11.1 Å². The fourth-order valence-corrected chi connectivity index (χ4v) is 3.12. The van der Waals surface area contributed by atoms with Crippen molar-refractivity contribution in [2.24, 2.45) is 4.99 Å². The summed E-state index contributed by atoms with van der Waals surface area (Å²) in [5.41, 5.74) is 5.69. The molecular formula is C22H28N6. The molecule has 0 aliphatic rings. The average Bonchev–Trinajstić information content (AvgIpc) is 3.03. The zero-order chi connectivity index (χ0) is 20.1. The largest absolute Gasteiger partial charge is 0.352 e. The Morgan fingerprint density at radius 3 is 2.36 bits per heavy atom. The van der Waals surface area contributed by atoms with Crippen molar-refractivity contribution >= 4 is 5.96 Å². The molecule has 0 atom stereocenters. The van der Waals surface area contributed by atoms with Crippen molar-refractivity contribution in [2.45, 2.75) is 33.9 Å². The highest BCUT2D eigenvalue weighted by atomic mass is 15.3. The molecule has 0 unspecified atom stereocenters. The van der Waals surface area contributed by atoms with E-state index in [9.17, 15) is 0 Å². The summed E-state index contributed by atoms with van der Waals surface area (Å²) in [5, 5.41) is 7.88. The van der Waals surface area contributed by atoms with Gasteiger partial charge in [0.15, 0.2) is 11.8 Å². The number of nitrogens with one attached hydrogen (secondary N) is 1. The smallest absolute Gasteiger partial charge is 0.193 e. The van der Waals surface area contributed by atoms with Gasteiger partial charge in [0.05, 0.1) is 5.69 Å². The zero-order valence-corrected chi connectivity index (χ0v) is 17.3. The Hall–Kier alpha value is -3.15. The highest BCUT2D eigenvalue weighted by molar-refractivity contribution is 5.79. The van der Waals surface area contributed by atoms with Crippen LogP contribution in [0.15, 0.2) is 53.7 Å². The molecule has 0 saturated carbocycles. The normalized spacial score (nSPS) is 11.5. The number of aromatic nitrogens is 3. The molecule has 1 N–H and O–H groups in total. The van der Waals surface area contributed by atoms with Crippen LogP contribution in [0, 0.1) is 20.8 Å². The van der Waals surface area contributed by atoms with Crippen LogP contribution in [0.2, 0.25) is 0 Å². The first-order valence-electron chi connectivity index (χ1n) is 9.42. The summed E-state index contributed by atoms with van der Waals surface area (Å²) in [6, 6.07) is 14.7. The van der Waals surface area contributed by atoms with Gasteiger partial charge in [0, 0.05) is 39.1 Å². The van der Waals surface area contributed by atoms with Gasteiger partial charge in [-0.2, -0.15) is 5.10 Å². The maximum absolute atomic E-state index is 4.55. The van der Waals surface area contributed by atoms with E-state index in [0.717, 1.165) is 35.3 Å². The van der Waals surface area contributed by atoms with Gasteiger partial charge in [-0.15, -0.1) is 0 Å². The van der Waals surface area contributed by atoms with Crippen molar-refractivity contribution in [3.05, 3.63) is 76.7 Å². The fraction of sp³-hybridized carbons (Fsp3) is 0.318. The fourth-order valence-electron chi connectivity index (χ4n) is 3.12. The van der Waals surface area contributed by atoms with Crippen LogP contribution in [0.5, 0.6) is 0 Å². The molecule has 2 heterocycles. The van der Waals surface area contributed by atoms with Crippen LogP contribution in [0.1, 0.15) is 28.1 Å². The van der Waals surface area contributed by atoms with E-state index < -0.39 is 0 Å². The Morgan fingerprint density at radius 2 is 1.79 bits per heavy atom. The van der Waals surface area contributed by atoms with E-state index >= 15 is 0 Å². The van der Waals surface area contributed by atoms with Crippen LogP contribution < -0.4 is 5.32 Å². The molecule has 2 aromatic heterocycles. The van der Waals surface area contributed by atoms with E-state index in [1.807, 2.05) is 43.9 Å². The van der Waals surface area contributed by atoms with Crippen LogP contribution in [-0.2, 0) is 13.1 Å². The van der Waals surface area contributed by atoms with E-state index in [4.69, 9.17) is 0 Å². The molecule has 0 saturated heterocycles. The van der Waals surface area contributed by atoms with Crippen molar-refractivity contribution in [2.75, 3.05) is 14.1 Å². The number of rotatable bonds is 5. The van der Waals surface area contributed by atoms with Crippen molar-refractivity contribution in [1.29, 1.82) is 0 Å². The molecule has 28 heavy (non-hydrogen) atoms. The van der Waals surface area contributed by atoms with E-state index in [-0.39, 0.29) is 0 Å². The summed E-state index contributed by atoms with van der Waals surface area (Å²) >= 11 is 0. The topological polar surface area (TPSA) is 58.3 Å². The second kappa shape index (κ2) is 8.69. The van der Waals surface area contributed by atoms with Crippen molar-refractivity contribution < 1.29 is 0 Å². The molecule has 0 aliphatic carbocycles. The van der Waals surface area contributed by atoms with Gasteiger partial charge in [-0.3, -0.25) is 4.99 Å². The third-order valence-electron chi connectivity index (χ3n) is 4.60. The number of aryl methyl sites for hydroxylation is 3. The maximum atomic E-state index is 4.55. The highest BCUT2D eigenvalue weighted by Crippen LogP contribution is 2.11. The van der Waals surface area contributed by atoms with Crippen LogP contribution in [0.25, 0.3) is 5.82 Å². The van der Waals surface area contributed by atoms with Crippen molar-refractivity contribution in [3.63, 3.8) is 0 Å². The molecule has 0 aliphatic heterocycles. The molecule has 0 amide bonds. The third kappa shape index (κ3) is 4.76. The molecule has 3 rings (SSSR count). The zero-order valence-electron chi connectivity index (χ0n) is 17.3. The van der Waals surface area contributed by atoms with Crippen molar-refractivity contribution in [1.82, 2.24) is 25.0 Å². The lowest BCUT2D eigenvalue weighted by Gasteiger charge is -2.22. The molecular weight excluding hydrogens is 348 g/mol. The van der Waals surface area contributed by atoms with Crippen LogP contribution >= 0.6 is 0 Å². The minimum atomic E-state index is 0.662. The Balaban J connectivity index is 1.60. The van der Waals surface area contributed by atoms with Gasteiger partial charge < -0.3 is 10.2 Å². The SMILES string of the molecule is CN=C(NCc1ccc(-n2nc(C)cc2C)nc1)N(C)Cc1ccc(C)cc1. The molecule has 0 bridgehead atoms. The second-order valence-electron chi connectivity index (χ2n) is 7.11. The monoisotopic (exact) mass is 376 g/mol. The summed E-state index contributed by atoms with van der Waals surface area (Å²) in [6.45, 7) is 7.58. The number of benzene rings is 1. The molecule has 6 nitrogen and oxygen atoms in total. The summed E-state index contributed by atoms with van der Waals surface area (Å²) in [5.74, 6) is 1.68. The lowest BCUT2D eigenvalue weighted by Crippen LogP contribution is -2.38. The number of guanidine groups is 1. The second-order valence-corrected chi connectivity index (χ2v) is 7.11.